The number of aliphatic hydroxyl groups is 4. The molecule has 0 aliphatic carbocycles. The van der Waals surface area contributed by atoms with Crippen molar-refractivity contribution in [2.24, 2.45) is 0 Å². The van der Waals surface area contributed by atoms with Gasteiger partial charge in [0.15, 0.2) is 0 Å². The molecule has 1 fully saturated rings. The topological polar surface area (TPSA) is 93.4 Å². The van der Waals surface area contributed by atoms with Gasteiger partial charge in [0.05, 0.1) is 18.8 Å². The van der Waals surface area contributed by atoms with Crippen LogP contribution in [0.15, 0.2) is 48.5 Å². The predicted octanol–water partition coefficient (Wildman–Crippen LogP) is 0.664. The van der Waals surface area contributed by atoms with Gasteiger partial charge in [-0.3, -0.25) is 4.90 Å². The maximum absolute atomic E-state index is 12.9. The summed E-state index contributed by atoms with van der Waals surface area (Å²) in [6, 6.07) is 12.8. The van der Waals surface area contributed by atoms with Crippen molar-refractivity contribution in [2.75, 3.05) is 13.2 Å². The Labute approximate surface area is 157 Å². The first-order valence-corrected chi connectivity index (χ1v) is 8.83. The summed E-state index contributed by atoms with van der Waals surface area (Å²) in [5.41, 5.74) is 1.78. The molecule has 4 atom stereocenters. The number of halogens is 1. The highest BCUT2D eigenvalue weighted by Crippen LogP contribution is 2.22. The summed E-state index contributed by atoms with van der Waals surface area (Å²) in [5, 5.41) is 39.2. The minimum atomic E-state index is -1.26. The normalized spacial score (nSPS) is 26.1. The lowest BCUT2D eigenvalue weighted by molar-refractivity contribution is -0.147. The Morgan fingerprint density at radius 1 is 0.926 bits per heavy atom. The second-order valence-corrected chi connectivity index (χ2v) is 6.79. The van der Waals surface area contributed by atoms with Crippen LogP contribution >= 0.6 is 0 Å². The van der Waals surface area contributed by atoms with Crippen molar-refractivity contribution in [1.29, 1.82) is 0 Å². The molecular formula is C20H24FNO5. The molecule has 7 heteroatoms. The predicted molar refractivity (Wildman–Crippen MR) is 96.5 cm³/mol. The zero-order valence-electron chi connectivity index (χ0n) is 14.8. The summed E-state index contributed by atoms with van der Waals surface area (Å²) in [5.74, 6) is 0.376. The van der Waals surface area contributed by atoms with E-state index in [0.29, 0.717) is 18.9 Å². The van der Waals surface area contributed by atoms with Gasteiger partial charge >= 0.3 is 0 Å². The maximum Gasteiger partial charge on any atom is 0.123 e. The van der Waals surface area contributed by atoms with E-state index in [4.69, 9.17) is 4.74 Å². The molecule has 2 aromatic carbocycles. The summed E-state index contributed by atoms with van der Waals surface area (Å²) in [6.07, 6.45) is -3.54. The van der Waals surface area contributed by atoms with Gasteiger partial charge < -0.3 is 25.2 Å². The second-order valence-electron chi connectivity index (χ2n) is 6.79. The first-order chi connectivity index (χ1) is 13.0. The van der Waals surface area contributed by atoms with Gasteiger partial charge in [-0.15, -0.1) is 0 Å². The smallest absolute Gasteiger partial charge is 0.123 e. The Kier molecular flexibility index (Phi) is 6.41. The van der Waals surface area contributed by atoms with Crippen molar-refractivity contribution in [1.82, 2.24) is 4.90 Å². The standard InChI is InChI=1S/C20H24FNO5/c21-15-5-1-14(2-6-15)12-27-16-7-3-13(4-8-16)9-22-10-18(24)20(26)19(25)17(22)11-23/h1-8,17-20,23-26H,9-12H2/t17-,18-,19-,20+/m0/s1. The van der Waals surface area contributed by atoms with E-state index >= 15 is 0 Å². The van der Waals surface area contributed by atoms with Gasteiger partial charge in [0.25, 0.3) is 0 Å². The zero-order valence-corrected chi connectivity index (χ0v) is 14.8. The summed E-state index contributed by atoms with van der Waals surface area (Å²) in [4.78, 5) is 1.75. The van der Waals surface area contributed by atoms with Crippen LogP contribution in [0.1, 0.15) is 11.1 Å². The molecule has 1 heterocycles. The SMILES string of the molecule is OC[C@H]1[C@H](O)[C@H](O)[C@@H](O)CN1Cc1ccc(OCc2ccc(F)cc2)cc1. The molecule has 146 valence electrons. The van der Waals surface area contributed by atoms with E-state index in [1.165, 1.54) is 12.1 Å². The quantitative estimate of drug-likeness (QED) is 0.591. The van der Waals surface area contributed by atoms with E-state index in [1.807, 2.05) is 12.1 Å². The van der Waals surface area contributed by atoms with Crippen LogP contribution in [0.5, 0.6) is 5.75 Å². The summed E-state index contributed by atoms with van der Waals surface area (Å²) < 4.78 is 18.6. The first kappa shape index (κ1) is 19.7. The lowest BCUT2D eigenvalue weighted by Gasteiger charge is -2.43. The Morgan fingerprint density at radius 2 is 1.56 bits per heavy atom. The van der Waals surface area contributed by atoms with Gasteiger partial charge in [0.2, 0.25) is 0 Å². The number of β-amino-alcohol motifs (C(OH)–C–C–N with tert-alkyl or cyclic N) is 1. The van der Waals surface area contributed by atoms with Gasteiger partial charge in [-0.1, -0.05) is 24.3 Å². The monoisotopic (exact) mass is 377 g/mol. The third-order valence-corrected chi connectivity index (χ3v) is 4.84. The molecule has 4 N–H and O–H groups in total. The molecule has 0 aromatic heterocycles. The van der Waals surface area contributed by atoms with Crippen molar-refractivity contribution < 1.29 is 29.6 Å². The molecule has 3 rings (SSSR count). The number of ether oxygens (including phenoxy) is 1. The van der Waals surface area contributed by atoms with Crippen LogP contribution in [-0.4, -0.2) is 62.8 Å². The van der Waals surface area contributed by atoms with Crippen LogP contribution in [0, 0.1) is 5.82 Å². The van der Waals surface area contributed by atoms with Crippen molar-refractivity contribution in [3.05, 3.63) is 65.5 Å². The van der Waals surface area contributed by atoms with Crippen LogP contribution < -0.4 is 4.74 Å². The van der Waals surface area contributed by atoms with Crippen LogP contribution in [-0.2, 0) is 13.2 Å². The fraction of sp³-hybridized carbons (Fsp3) is 0.400. The van der Waals surface area contributed by atoms with Gasteiger partial charge in [-0.05, 0) is 35.4 Å². The van der Waals surface area contributed by atoms with E-state index in [-0.39, 0.29) is 19.0 Å². The van der Waals surface area contributed by atoms with Crippen molar-refractivity contribution in [3.8, 4) is 5.75 Å². The maximum atomic E-state index is 12.9. The molecule has 0 bridgehead atoms. The molecule has 0 unspecified atom stereocenters. The molecule has 2 aromatic rings. The van der Waals surface area contributed by atoms with Crippen molar-refractivity contribution in [3.63, 3.8) is 0 Å². The highest BCUT2D eigenvalue weighted by atomic mass is 19.1. The van der Waals surface area contributed by atoms with Crippen LogP contribution in [0.2, 0.25) is 0 Å². The average Bonchev–Trinajstić information content (AvgIpc) is 2.67. The highest BCUT2D eigenvalue weighted by molar-refractivity contribution is 5.28. The largest absolute Gasteiger partial charge is 0.489 e. The number of piperidine rings is 1. The number of likely N-dealkylation sites (tertiary alicyclic amines) is 1. The van der Waals surface area contributed by atoms with E-state index in [9.17, 15) is 24.8 Å². The molecule has 27 heavy (non-hydrogen) atoms. The van der Waals surface area contributed by atoms with Crippen LogP contribution in [0.25, 0.3) is 0 Å². The van der Waals surface area contributed by atoms with Crippen LogP contribution in [0.4, 0.5) is 4.39 Å². The number of aliphatic hydroxyl groups excluding tert-OH is 4. The zero-order chi connectivity index (χ0) is 19.4. The van der Waals surface area contributed by atoms with E-state index < -0.39 is 24.4 Å². The van der Waals surface area contributed by atoms with Gasteiger partial charge in [0.1, 0.15) is 30.4 Å². The summed E-state index contributed by atoms with van der Waals surface area (Å²) >= 11 is 0. The third kappa shape index (κ3) is 4.82. The molecule has 6 nitrogen and oxygen atoms in total. The fourth-order valence-corrected chi connectivity index (χ4v) is 3.23. The molecule has 0 radical (unpaired) electrons. The highest BCUT2D eigenvalue weighted by Gasteiger charge is 2.40. The van der Waals surface area contributed by atoms with Crippen LogP contribution in [0.3, 0.4) is 0 Å². The Morgan fingerprint density at radius 3 is 2.19 bits per heavy atom. The Balaban J connectivity index is 1.59. The van der Waals surface area contributed by atoms with E-state index in [1.54, 1.807) is 29.2 Å². The average molecular weight is 377 g/mol. The lowest BCUT2D eigenvalue weighted by atomic mass is 9.94. The number of hydrogen-bond acceptors (Lipinski definition) is 6. The second kappa shape index (κ2) is 8.77. The summed E-state index contributed by atoms with van der Waals surface area (Å²) in [7, 11) is 0. The number of hydrogen-bond donors (Lipinski definition) is 4. The van der Waals surface area contributed by atoms with E-state index in [0.717, 1.165) is 11.1 Å². The summed E-state index contributed by atoms with van der Waals surface area (Å²) in [6.45, 7) is 0.578. The third-order valence-electron chi connectivity index (χ3n) is 4.84. The molecule has 0 saturated carbocycles. The molecule has 1 aliphatic rings. The number of benzene rings is 2. The molecule has 0 spiro atoms. The van der Waals surface area contributed by atoms with Gasteiger partial charge in [-0.25, -0.2) is 4.39 Å². The Hall–Kier alpha value is -2.03. The Bertz CT molecular complexity index is 724. The minimum Gasteiger partial charge on any atom is -0.489 e. The minimum absolute atomic E-state index is 0.159. The molecule has 0 amide bonds. The van der Waals surface area contributed by atoms with Crippen molar-refractivity contribution in [2.45, 2.75) is 37.5 Å². The first-order valence-electron chi connectivity index (χ1n) is 8.83. The number of rotatable bonds is 6. The molecule has 1 saturated heterocycles. The number of nitrogens with zero attached hydrogens (tertiary/aromatic N) is 1. The van der Waals surface area contributed by atoms with Gasteiger partial charge in [-0.2, -0.15) is 0 Å². The van der Waals surface area contributed by atoms with E-state index in [2.05, 4.69) is 0 Å². The van der Waals surface area contributed by atoms with Gasteiger partial charge in [0, 0.05) is 13.1 Å². The molecule has 1 aliphatic heterocycles. The lowest BCUT2D eigenvalue weighted by Crippen LogP contribution is -2.62. The molecular weight excluding hydrogens is 353 g/mol. The van der Waals surface area contributed by atoms with Crippen molar-refractivity contribution >= 4 is 0 Å². The fourth-order valence-electron chi connectivity index (χ4n) is 3.23.